The van der Waals surface area contributed by atoms with Gasteiger partial charge < -0.3 is 5.32 Å². The molecule has 2 heterocycles. The molecule has 8 heteroatoms. The van der Waals surface area contributed by atoms with Crippen molar-refractivity contribution in [3.05, 3.63) is 53.5 Å². The van der Waals surface area contributed by atoms with Crippen molar-refractivity contribution in [2.24, 2.45) is 0 Å². The Morgan fingerprint density at radius 1 is 1.34 bits per heavy atom. The summed E-state index contributed by atoms with van der Waals surface area (Å²) in [6.07, 6.45) is 5.66. The van der Waals surface area contributed by atoms with E-state index < -0.39 is 11.0 Å². The van der Waals surface area contributed by atoms with Gasteiger partial charge in [0.15, 0.2) is 0 Å². The summed E-state index contributed by atoms with van der Waals surface area (Å²) < 4.78 is 29.2. The van der Waals surface area contributed by atoms with Crippen LogP contribution in [0.2, 0.25) is 0 Å². The minimum Gasteiger partial charge on any atom is -0.355 e. The largest absolute Gasteiger partial charge is 0.355 e. The van der Waals surface area contributed by atoms with Crippen LogP contribution in [-0.2, 0) is 11.0 Å². The van der Waals surface area contributed by atoms with E-state index in [0.717, 1.165) is 24.1 Å². The van der Waals surface area contributed by atoms with Gasteiger partial charge in [-0.15, -0.1) is 0 Å². The number of carbonyl (C=O) groups excluding carboxylic acids is 1. The Hall–Kier alpha value is -2.74. The molecule has 1 fully saturated rings. The van der Waals surface area contributed by atoms with Gasteiger partial charge in [0.25, 0.3) is 5.91 Å². The van der Waals surface area contributed by atoms with E-state index in [4.69, 9.17) is 0 Å². The lowest BCUT2D eigenvalue weighted by Gasteiger charge is -2.23. The van der Waals surface area contributed by atoms with Crippen LogP contribution in [0.4, 0.5) is 10.1 Å². The van der Waals surface area contributed by atoms with Crippen LogP contribution in [-0.4, -0.2) is 39.6 Å². The number of nitrogens with one attached hydrogen (secondary N) is 1. The molecule has 1 saturated carbocycles. The maximum Gasteiger partial charge on any atom is 0.255 e. The van der Waals surface area contributed by atoms with E-state index in [-0.39, 0.29) is 11.7 Å². The molecule has 1 aliphatic rings. The quantitative estimate of drug-likeness (QED) is 0.671. The topological polar surface area (TPSA) is 66.7 Å². The number of aromatic nitrogens is 2. The number of hydrogen-bond donors (Lipinski definition) is 1. The zero-order chi connectivity index (χ0) is 20.7. The highest BCUT2D eigenvalue weighted by molar-refractivity contribution is 7.85. The minimum absolute atomic E-state index is 0.250. The van der Waals surface area contributed by atoms with Crippen molar-refractivity contribution in [2.45, 2.75) is 25.7 Å². The van der Waals surface area contributed by atoms with E-state index in [2.05, 4.69) is 10.4 Å². The van der Waals surface area contributed by atoms with Crippen LogP contribution < -0.4 is 9.62 Å². The molecule has 0 radical (unpaired) electrons. The summed E-state index contributed by atoms with van der Waals surface area (Å²) in [5.74, 6) is -0.198. The van der Waals surface area contributed by atoms with Gasteiger partial charge in [-0.25, -0.2) is 13.1 Å². The Morgan fingerprint density at radius 3 is 2.59 bits per heavy atom. The van der Waals surface area contributed by atoms with Crippen LogP contribution in [0.5, 0.6) is 0 Å². The van der Waals surface area contributed by atoms with Crippen LogP contribution in [0, 0.1) is 5.82 Å². The molecule has 0 bridgehead atoms. The van der Waals surface area contributed by atoms with Gasteiger partial charge in [0, 0.05) is 25.4 Å². The molecule has 3 aromatic rings. The summed E-state index contributed by atoms with van der Waals surface area (Å²) in [5.41, 5.74) is 4.25. The Labute approximate surface area is 171 Å². The zero-order valence-corrected chi connectivity index (χ0v) is 17.4. The average molecular weight is 415 g/mol. The van der Waals surface area contributed by atoms with Gasteiger partial charge in [-0.3, -0.25) is 9.10 Å². The standard InChI is InChI=1S/C21H23FN4O2S/c1-4-26(29(3)28)18-12-25-17(11-16(18)13-5-6-13)19(21(27)23-2)20(24-25)14-7-9-15(22)10-8-14/h7-13H,4-6H2,1-3H3,(H,23,27). The van der Waals surface area contributed by atoms with Gasteiger partial charge in [-0.1, -0.05) is 0 Å². The molecule has 1 atom stereocenters. The Kier molecular flexibility index (Phi) is 5.12. The summed E-state index contributed by atoms with van der Waals surface area (Å²) in [6, 6.07) is 7.94. The van der Waals surface area contributed by atoms with Crippen molar-refractivity contribution in [2.75, 3.05) is 24.2 Å². The van der Waals surface area contributed by atoms with Crippen LogP contribution >= 0.6 is 0 Å². The van der Waals surface area contributed by atoms with E-state index in [1.165, 1.54) is 12.1 Å². The summed E-state index contributed by atoms with van der Waals surface area (Å²) in [6.45, 7) is 2.56. The molecule has 1 unspecified atom stereocenters. The first-order chi connectivity index (χ1) is 13.9. The minimum atomic E-state index is -1.17. The fraction of sp³-hybridized carbons (Fsp3) is 0.333. The predicted octanol–water partition coefficient (Wildman–Crippen LogP) is 3.50. The molecule has 0 aliphatic heterocycles. The molecule has 4 rings (SSSR count). The summed E-state index contributed by atoms with van der Waals surface area (Å²) in [5, 5.41) is 7.33. The van der Waals surface area contributed by atoms with E-state index in [1.807, 2.05) is 23.5 Å². The highest BCUT2D eigenvalue weighted by atomic mass is 32.2. The maximum absolute atomic E-state index is 13.4. The van der Waals surface area contributed by atoms with Gasteiger partial charge in [-0.05, 0) is 61.6 Å². The monoisotopic (exact) mass is 414 g/mol. The van der Waals surface area contributed by atoms with E-state index in [0.29, 0.717) is 34.8 Å². The first-order valence-electron chi connectivity index (χ1n) is 9.60. The van der Waals surface area contributed by atoms with Crippen molar-refractivity contribution in [1.29, 1.82) is 0 Å². The second-order valence-electron chi connectivity index (χ2n) is 7.15. The lowest BCUT2D eigenvalue weighted by atomic mass is 10.0. The number of nitrogens with zero attached hydrogens (tertiary/aromatic N) is 3. The number of hydrogen-bond acceptors (Lipinski definition) is 3. The van der Waals surface area contributed by atoms with Crippen LogP contribution in [0.25, 0.3) is 16.8 Å². The number of rotatable bonds is 6. The molecular formula is C21H23FN4O2S. The highest BCUT2D eigenvalue weighted by Crippen LogP contribution is 2.45. The lowest BCUT2D eigenvalue weighted by molar-refractivity contribution is 0.0965. The number of carbonyl (C=O) groups is 1. The van der Waals surface area contributed by atoms with Gasteiger partial charge in [0.2, 0.25) is 0 Å². The van der Waals surface area contributed by atoms with Gasteiger partial charge in [0.1, 0.15) is 22.5 Å². The number of halogens is 1. The van der Waals surface area contributed by atoms with E-state index in [1.54, 1.807) is 30.0 Å². The summed E-state index contributed by atoms with van der Waals surface area (Å²) in [4.78, 5) is 12.7. The molecule has 1 N–H and O–H groups in total. The van der Waals surface area contributed by atoms with Crippen LogP contribution in [0.15, 0.2) is 36.5 Å². The Balaban J connectivity index is 1.99. The SMILES string of the molecule is CCN(c1cn2nc(-c3ccc(F)cc3)c(C(=O)NC)c2cc1C1CC1)S(C)=O. The predicted molar refractivity (Wildman–Crippen MR) is 113 cm³/mol. The molecule has 2 aromatic heterocycles. The number of fused-ring (bicyclic) bond motifs is 1. The lowest BCUT2D eigenvalue weighted by Crippen LogP contribution is -2.25. The summed E-state index contributed by atoms with van der Waals surface area (Å²) in [7, 11) is 0.406. The second kappa shape index (κ2) is 7.59. The maximum atomic E-state index is 13.4. The normalized spacial score (nSPS) is 14.8. The van der Waals surface area contributed by atoms with Crippen molar-refractivity contribution in [3.63, 3.8) is 0 Å². The van der Waals surface area contributed by atoms with Crippen LogP contribution in [0.1, 0.15) is 41.6 Å². The Bertz CT molecular complexity index is 1110. The fourth-order valence-corrected chi connectivity index (χ4v) is 4.47. The molecule has 1 amide bonds. The first kappa shape index (κ1) is 19.6. The molecule has 1 aromatic carbocycles. The second-order valence-corrected chi connectivity index (χ2v) is 8.43. The number of amides is 1. The Morgan fingerprint density at radius 2 is 2.03 bits per heavy atom. The first-order valence-corrected chi connectivity index (χ1v) is 11.1. The highest BCUT2D eigenvalue weighted by Gasteiger charge is 2.31. The molecular weight excluding hydrogens is 391 g/mol. The van der Waals surface area contributed by atoms with Gasteiger partial charge in [0.05, 0.1) is 23.0 Å². The van der Waals surface area contributed by atoms with Crippen molar-refractivity contribution in [1.82, 2.24) is 14.9 Å². The third-order valence-corrected chi connectivity index (χ3v) is 6.31. The molecule has 152 valence electrons. The average Bonchev–Trinajstić information content (AvgIpc) is 3.48. The smallest absolute Gasteiger partial charge is 0.255 e. The third kappa shape index (κ3) is 3.53. The number of pyridine rings is 1. The number of benzene rings is 1. The molecule has 29 heavy (non-hydrogen) atoms. The molecule has 1 aliphatic carbocycles. The van der Waals surface area contributed by atoms with E-state index >= 15 is 0 Å². The molecule has 0 spiro atoms. The van der Waals surface area contributed by atoms with Gasteiger partial charge in [-0.2, -0.15) is 5.10 Å². The van der Waals surface area contributed by atoms with Gasteiger partial charge >= 0.3 is 0 Å². The van der Waals surface area contributed by atoms with E-state index in [9.17, 15) is 13.4 Å². The molecule has 0 saturated heterocycles. The van der Waals surface area contributed by atoms with Crippen LogP contribution in [0.3, 0.4) is 0 Å². The zero-order valence-electron chi connectivity index (χ0n) is 16.6. The van der Waals surface area contributed by atoms with Crippen molar-refractivity contribution >= 4 is 28.1 Å². The van der Waals surface area contributed by atoms with Crippen molar-refractivity contribution in [3.8, 4) is 11.3 Å². The fourth-order valence-electron chi connectivity index (χ4n) is 3.67. The number of anilines is 1. The third-order valence-electron chi connectivity index (χ3n) is 5.24. The summed E-state index contributed by atoms with van der Waals surface area (Å²) >= 11 is 0. The molecule has 6 nitrogen and oxygen atoms in total. The van der Waals surface area contributed by atoms with Crippen molar-refractivity contribution < 1.29 is 13.4 Å².